The van der Waals surface area contributed by atoms with E-state index in [1.165, 1.54) is 24.9 Å². The molecule has 1 aromatic carbocycles. The minimum atomic E-state index is -0.268. The number of nitrogens with one attached hydrogen (secondary N) is 2. The Morgan fingerprint density at radius 3 is 2.15 bits per heavy atom. The van der Waals surface area contributed by atoms with Crippen molar-refractivity contribution in [3.63, 3.8) is 0 Å². The summed E-state index contributed by atoms with van der Waals surface area (Å²) in [4.78, 5) is 28.2. The van der Waals surface area contributed by atoms with Gasteiger partial charge in [-0.05, 0) is 71.3 Å². The summed E-state index contributed by atoms with van der Waals surface area (Å²) in [6.07, 6.45) is 3.80. The van der Waals surface area contributed by atoms with E-state index >= 15 is 0 Å². The molecule has 2 rings (SSSR count). The van der Waals surface area contributed by atoms with E-state index in [0.29, 0.717) is 0 Å². The molecule has 1 aromatic rings. The summed E-state index contributed by atoms with van der Waals surface area (Å²) in [6, 6.07) is 7.99. The summed E-state index contributed by atoms with van der Waals surface area (Å²) in [7, 11) is 1.77. The van der Waals surface area contributed by atoms with Crippen molar-refractivity contribution >= 4 is 23.2 Å². The van der Waals surface area contributed by atoms with Crippen molar-refractivity contribution in [1.82, 2.24) is 10.2 Å². The van der Waals surface area contributed by atoms with Crippen LogP contribution in [0.4, 0.5) is 11.4 Å². The van der Waals surface area contributed by atoms with Crippen LogP contribution in [0.5, 0.6) is 0 Å². The summed E-state index contributed by atoms with van der Waals surface area (Å²) in [6.45, 7) is 8.38. The van der Waals surface area contributed by atoms with E-state index in [0.717, 1.165) is 18.8 Å². The zero-order valence-corrected chi connectivity index (χ0v) is 16.5. The number of benzene rings is 1. The van der Waals surface area contributed by atoms with Gasteiger partial charge in [-0.25, -0.2) is 0 Å². The third-order valence-electron chi connectivity index (χ3n) is 4.21. The summed E-state index contributed by atoms with van der Waals surface area (Å²) >= 11 is 0. The van der Waals surface area contributed by atoms with Crippen molar-refractivity contribution in [3.8, 4) is 0 Å². The number of nitrogens with zero attached hydrogens (tertiary/aromatic N) is 2. The van der Waals surface area contributed by atoms with Gasteiger partial charge < -0.3 is 15.5 Å². The standard InChI is InChI=1S/C20H32N4O2/c1-20(2,3)22-19(26)15-23(4)14-18(25)21-16-8-10-17(11-9-16)24-12-6-5-7-13-24/h8-11H,5-7,12-15H2,1-4H3,(H,21,25)(H,22,26). The molecule has 6 nitrogen and oxygen atoms in total. The maximum Gasteiger partial charge on any atom is 0.238 e. The predicted molar refractivity (Wildman–Crippen MR) is 107 cm³/mol. The molecule has 2 N–H and O–H groups in total. The molecule has 1 fully saturated rings. The van der Waals surface area contributed by atoms with Crippen molar-refractivity contribution in [2.45, 2.75) is 45.6 Å². The van der Waals surface area contributed by atoms with Gasteiger partial charge in [0.25, 0.3) is 0 Å². The Kier molecular flexibility index (Phi) is 7.03. The number of hydrogen-bond acceptors (Lipinski definition) is 4. The monoisotopic (exact) mass is 360 g/mol. The molecule has 0 saturated carbocycles. The number of amides is 2. The van der Waals surface area contributed by atoms with E-state index in [-0.39, 0.29) is 30.4 Å². The summed E-state index contributed by atoms with van der Waals surface area (Å²) in [5.41, 5.74) is 1.72. The van der Waals surface area contributed by atoms with Gasteiger partial charge in [0.2, 0.25) is 11.8 Å². The van der Waals surface area contributed by atoms with Crippen molar-refractivity contribution < 1.29 is 9.59 Å². The van der Waals surface area contributed by atoms with E-state index in [9.17, 15) is 9.59 Å². The zero-order valence-electron chi connectivity index (χ0n) is 16.5. The first-order valence-corrected chi connectivity index (χ1v) is 9.37. The molecule has 0 aromatic heterocycles. The number of rotatable bonds is 6. The third kappa shape index (κ3) is 7.04. The Hall–Kier alpha value is -2.08. The highest BCUT2D eigenvalue weighted by molar-refractivity contribution is 5.92. The van der Waals surface area contributed by atoms with Crippen LogP contribution in [0.25, 0.3) is 0 Å². The van der Waals surface area contributed by atoms with E-state index < -0.39 is 0 Å². The summed E-state index contributed by atoms with van der Waals surface area (Å²) < 4.78 is 0. The smallest absolute Gasteiger partial charge is 0.238 e. The SMILES string of the molecule is CN(CC(=O)Nc1ccc(N2CCCCC2)cc1)CC(=O)NC(C)(C)C. The Bertz CT molecular complexity index is 601. The molecule has 1 aliphatic heterocycles. The predicted octanol–water partition coefficient (Wildman–Crippen LogP) is 2.46. The Labute approximate surface area is 156 Å². The molecule has 1 saturated heterocycles. The van der Waals surface area contributed by atoms with Gasteiger partial charge in [-0.15, -0.1) is 0 Å². The van der Waals surface area contributed by atoms with Crippen molar-refractivity contribution in [2.75, 3.05) is 43.4 Å². The number of hydrogen-bond donors (Lipinski definition) is 2. The Morgan fingerprint density at radius 2 is 1.58 bits per heavy atom. The van der Waals surface area contributed by atoms with Crippen LogP contribution in [-0.2, 0) is 9.59 Å². The molecule has 0 radical (unpaired) electrons. The molecular weight excluding hydrogens is 328 g/mol. The second-order valence-corrected chi connectivity index (χ2v) is 8.11. The molecule has 1 heterocycles. The van der Waals surface area contributed by atoms with E-state index in [4.69, 9.17) is 0 Å². The molecule has 2 amide bonds. The van der Waals surface area contributed by atoms with Gasteiger partial charge in [0.15, 0.2) is 0 Å². The first-order chi connectivity index (χ1) is 12.2. The highest BCUT2D eigenvalue weighted by Gasteiger charge is 2.16. The van der Waals surface area contributed by atoms with Crippen LogP contribution in [0.15, 0.2) is 24.3 Å². The fourth-order valence-electron chi connectivity index (χ4n) is 3.11. The number of carbonyl (C=O) groups excluding carboxylic acids is 2. The van der Waals surface area contributed by atoms with Crippen LogP contribution in [0.3, 0.4) is 0 Å². The number of piperidine rings is 1. The number of carbonyl (C=O) groups is 2. The highest BCUT2D eigenvalue weighted by Crippen LogP contribution is 2.21. The molecule has 1 aliphatic rings. The lowest BCUT2D eigenvalue weighted by Gasteiger charge is -2.28. The average Bonchev–Trinajstić information content (AvgIpc) is 2.54. The molecule has 6 heteroatoms. The molecule has 0 spiro atoms. The number of anilines is 2. The number of likely N-dealkylation sites (N-methyl/N-ethyl adjacent to an activating group) is 1. The maximum absolute atomic E-state index is 12.2. The van der Waals surface area contributed by atoms with Crippen LogP contribution in [0.2, 0.25) is 0 Å². The van der Waals surface area contributed by atoms with Gasteiger partial charge in [-0.3, -0.25) is 14.5 Å². The fraction of sp³-hybridized carbons (Fsp3) is 0.600. The second-order valence-electron chi connectivity index (χ2n) is 8.11. The summed E-state index contributed by atoms with van der Waals surface area (Å²) in [5.74, 6) is -0.208. The van der Waals surface area contributed by atoms with Crippen molar-refractivity contribution in [2.24, 2.45) is 0 Å². The first-order valence-electron chi connectivity index (χ1n) is 9.37. The van der Waals surface area contributed by atoms with Crippen LogP contribution in [0.1, 0.15) is 40.0 Å². The third-order valence-corrected chi connectivity index (χ3v) is 4.21. The Balaban J connectivity index is 1.79. The van der Waals surface area contributed by atoms with Gasteiger partial charge in [-0.2, -0.15) is 0 Å². The molecule has 0 bridgehead atoms. The van der Waals surface area contributed by atoms with Crippen LogP contribution < -0.4 is 15.5 Å². The summed E-state index contributed by atoms with van der Waals surface area (Å²) in [5, 5.41) is 5.79. The minimum absolute atomic E-state index is 0.0846. The van der Waals surface area contributed by atoms with Gasteiger partial charge in [0.05, 0.1) is 13.1 Å². The van der Waals surface area contributed by atoms with Gasteiger partial charge in [0.1, 0.15) is 0 Å². The highest BCUT2D eigenvalue weighted by atomic mass is 16.2. The lowest BCUT2D eigenvalue weighted by Crippen LogP contribution is -2.46. The van der Waals surface area contributed by atoms with Gasteiger partial charge in [-0.1, -0.05) is 0 Å². The second kappa shape index (κ2) is 9.03. The molecule has 0 atom stereocenters. The minimum Gasteiger partial charge on any atom is -0.372 e. The van der Waals surface area contributed by atoms with E-state index in [1.807, 2.05) is 32.9 Å². The topological polar surface area (TPSA) is 64.7 Å². The Morgan fingerprint density at radius 1 is 1.00 bits per heavy atom. The quantitative estimate of drug-likeness (QED) is 0.818. The average molecular weight is 361 g/mol. The van der Waals surface area contributed by atoms with E-state index in [1.54, 1.807) is 11.9 Å². The molecular formula is C20H32N4O2. The normalized spacial score (nSPS) is 15.0. The van der Waals surface area contributed by atoms with Gasteiger partial charge >= 0.3 is 0 Å². The molecule has 0 unspecified atom stereocenters. The molecule has 26 heavy (non-hydrogen) atoms. The van der Waals surface area contributed by atoms with Crippen molar-refractivity contribution in [3.05, 3.63) is 24.3 Å². The lowest BCUT2D eigenvalue weighted by molar-refractivity contribution is -0.124. The maximum atomic E-state index is 12.2. The molecule has 0 aliphatic carbocycles. The lowest BCUT2D eigenvalue weighted by atomic mass is 10.1. The zero-order chi connectivity index (χ0) is 19.2. The van der Waals surface area contributed by atoms with Gasteiger partial charge in [0, 0.05) is 30.0 Å². The van der Waals surface area contributed by atoms with E-state index in [2.05, 4.69) is 27.7 Å². The van der Waals surface area contributed by atoms with Crippen molar-refractivity contribution in [1.29, 1.82) is 0 Å². The van der Waals surface area contributed by atoms with Crippen LogP contribution in [0, 0.1) is 0 Å². The largest absolute Gasteiger partial charge is 0.372 e. The van der Waals surface area contributed by atoms with Crippen LogP contribution >= 0.6 is 0 Å². The van der Waals surface area contributed by atoms with Crippen LogP contribution in [-0.4, -0.2) is 55.5 Å². The fourth-order valence-corrected chi connectivity index (χ4v) is 3.11. The first kappa shape index (κ1) is 20.2. The molecule has 144 valence electrons.